The number of imidazole rings is 1. The predicted octanol–water partition coefficient (Wildman–Crippen LogP) is 1.62. The van der Waals surface area contributed by atoms with Crippen molar-refractivity contribution in [3.63, 3.8) is 0 Å². The highest BCUT2D eigenvalue weighted by Crippen LogP contribution is 2.24. The zero-order valence-electron chi connectivity index (χ0n) is 9.19. The van der Waals surface area contributed by atoms with Crippen LogP contribution in [0.25, 0.3) is 0 Å². The van der Waals surface area contributed by atoms with E-state index in [1.165, 1.54) is 11.5 Å². The molecular formula is C11H14ClN3S. The topological polar surface area (TPSA) is 21.1 Å². The second kappa shape index (κ2) is 5.13. The van der Waals surface area contributed by atoms with Crippen LogP contribution in [-0.4, -0.2) is 38.5 Å². The van der Waals surface area contributed by atoms with Crippen molar-refractivity contribution in [3.05, 3.63) is 17.2 Å². The number of terminal acetylenes is 1. The molecular weight excluding hydrogens is 242 g/mol. The number of nitrogens with zero attached hydrogens (tertiary/aromatic N) is 3. The zero-order valence-corrected chi connectivity index (χ0v) is 10.8. The third-order valence-corrected chi connectivity index (χ3v) is 4.40. The molecule has 0 unspecified atom stereocenters. The monoisotopic (exact) mass is 255 g/mol. The Morgan fingerprint density at radius 3 is 2.94 bits per heavy atom. The van der Waals surface area contributed by atoms with Gasteiger partial charge in [-0.05, 0) is 0 Å². The second-order valence-electron chi connectivity index (χ2n) is 3.86. The molecule has 2 heterocycles. The first-order valence-electron chi connectivity index (χ1n) is 5.13. The standard InChI is InChI=1S/C11H14ClN3S/c1-3-4-15(9-7-16-8-9)6-11-13-5-10(12)14(11)2/h1,5,9H,4,6-8H2,2H3. The first-order chi connectivity index (χ1) is 7.72. The molecule has 0 N–H and O–H groups in total. The fourth-order valence-electron chi connectivity index (χ4n) is 1.62. The predicted molar refractivity (Wildman–Crippen MR) is 68.6 cm³/mol. The summed E-state index contributed by atoms with van der Waals surface area (Å²) < 4.78 is 1.90. The Bertz CT molecular complexity index is 406. The van der Waals surface area contributed by atoms with Gasteiger partial charge < -0.3 is 4.57 Å². The quantitative estimate of drug-likeness (QED) is 0.763. The van der Waals surface area contributed by atoms with E-state index in [1.807, 2.05) is 23.4 Å². The first-order valence-corrected chi connectivity index (χ1v) is 6.67. The fourth-order valence-corrected chi connectivity index (χ4v) is 2.63. The maximum Gasteiger partial charge on any atom is 0.128 e. The van der Waals surface area contributed by atoms with E-state index >= 15 is 0 Å². The molecule has 1 saturated heterocycles. The number of rotatable bonds is 4. The van der Waals surface area contributed by atoms with Gasteiger partial charge in [-0.3, -0.25) is 4.90 Å². The molecule has 2 rings (SSSR count). The average molecular weight is 256 g/mol. The van der Waals surface area contributed by atoms with Crippen molar-refractivity contribution in [2.75, 3.05) is 18.1 Å². The van der Waals surface area contributed by atoms with Gasteiger partial charge in [0, 0.05) is 24.6 Å². The lowest BCUT2D eigenvalue weighted by Gasteiger charge is -2.35. The Kier molecular flexibility index (Phi) is 3.80. The molecule has 0 saturated carbocycles. The average Bonchev–Trinajstić information content (AvgIpc) is 2.47. The van der Waals surface area contributed by atoms with Crippen molar-refractivity contribution < 1.29 is 0 Å². The van der Waals surface area contributed by atoms with Crippen LogP contribution in [0.3, 0.4) is 0 Å². The summed E-state index contributed by atoms with van der Waals surface area (Å²) in [5.74, 6) is 6.01. The van der Waals surface area contributed by atoms with Gasteiger partial charge in [0.1, 0.15) is 11.0 Å². The van der Waals surface area contributed by atoms with Crippen molar-refractivity contribution in [3.8, 4) is 12.3 Å². The molecule has 1 aromatic rings. The smallest absolute Gasteiger partial charge is 0.128 e. The fraction of sp³-hybridized carbons (Fsp3) is 0.545. The Labute approximate surface area is 105 Å². The summed E-state index contributed by atoms with van der Waals surface area (Å²) in [7, 11) is 1.92. The van der Waals surface area contributed by atoms with Gasteiger partial charge in [-0.15, -0.1) is 6.42 Å². The molecule has 0 aliphatic carbocycles. The number of halogens is 1. The minimum Gasteiger partial charge on any atom is -0.321 e. The van der Waals surface area contributed by atoms with Crippen molar-refractivity contribution in [2.24, 2.45) is 7.05 Å². The van der Waals surface area contributed by atoms with Crippen LogP contribution in [0.4, 0.5) is 0 Å². The van der Waals surface area contributed by atoms with E-state index in [4.69, 9.17) is 18.0 Å². The molecule has 0 amide bonds. The second-order valence-corrected chi connectivity index (χ2v) is 5.32. The van der Waals surface area contributed by atoms with Crippen LogP contribution < -0.4 is 0 Å². The molecule has 1 aliphatic heterocycles. The molecule has 0 aromatic carbocycles. The van der Waals surface area contributed by atoms with Crippen LogP contribution in [0.1, 0.15) is 5.82 Å². The van der Waals surface area contributed by atoms with Crippen molar-refractivity contribution in [1.82, 2.24) is 14.5 Å². The highest BCUT2D eigenvalue weighted by Gasteiger charge is 2.26. The van der Waals surface area contributed by atoms with E-state index in [9.17, 15) is 0 Å². The summed E-state index contributed by atoms with van der Waals surface area (Å²) in [6, 6.07) is 0.594. The summed E-state index contributed by atoms with van der Waals surface area (Å²) in [6.45, 7) is 1.45. The van der Waals surface area contributed by atoms with Crippen LogP contribution in [0.2, 0.25) is 5.15 Å². The largest absolute Gasteiger partial charge is 0.321 e. The molecule has 5 heteroatoms. The maximum atomic E-state index is 5.95. The van der Waals surface area contributed by atoms with E-state index in [0.29, 0.717) is 17.7 Å². The van der Waals surface area contributed by atoms with E-state index in [1.54, 1.807) is 6.20 Å². The normalized spacial score (nSPS) is 16.1. The Morgan fingerprint density at radius 2 is 2.50 bits per heavy atom. The summed E-state index contributed by atoms with van der Waals surface area (Å²) in [5, 5.41) is 0.665. The van der Waals surface area contributed by atoms with E-state index in [0.717, 1.165) is 12.4 Å². The third kappa shape index (κ3) is 2.37. The lowest BCUT2D eigenvalue weighted by molar-refractivity contribution is 0.231. The SMILES string of the molecule is C#CCN(Cc1ncc(Cl)n1C)C1CSC1. The Balaban J connectivity index is 2.05. The summed E-state index contributed by atoms with van der Waals surface area (Å²) >= 11 is 7.91. The zero-order chi connectivity index (χ0) is 11.5. The minimum absolute atomic E-state index is 0.594. The lowest BCUT2D eigenvalue weighted by Crippen LogP contribution is -2.44. The van der Waals surface area contributed by atoms with Gasteiger partial charge in [0.15, 0.2) is 0 Å². The van der Waals surface area contributed by atoms with E-state index < -0.39 is 0 Å². The number of hydrogen-bond acceptors (Lipinski definition) is 3. The van der Waals surface area contributed by atoms with Gasteiger partial charge in [0.25, 0.3) is 0 Å². The van der Waals surface area contributed by atoms with Crippen LogP contribution >= 0.6 is 23.4 Å². The summed E-state index contributed by atoms with van der Waals surface area (Å²) in [5.41, 5.74) is 0. The van der Waals surface area contributed by atoms with E-state index in [-0.39, 0.29) is 0 Å². The first kappa shape index (κ1) is 11.8. The Morgan fingerprint density at radius 1 is 1.75 bits per heavy atom. The van der Waals surface area contributed by atoms with Gasteiger partial charge in [0.05, 0.1) is 19.3 Å². The maximum absolute atomic E-state index is 5.95. The van der Waals surface area contributed by atoms with Crippen LogP contribution in [0.5, 0.6) is 0 Å². The van der Waals surface area contributed by atoms with Crippen LogP contribution in [0, 0.1) is 12.3 Å². The third-order valence-electron chi connectivity index (χ3n) is 2.80. The molecule has 1 aliphatic rings. The molecule has 0 radical (unpaired) electrons. The number of thioether (sulfide) groups is 1. The van der Waals surface area contributed by atoms with E-state index in [2.05, 4.69) is 15.8 Å². The van der Waals surface area contributed by atoms with Gasteiger partial charge in [-0.25, -0.2) is 4.98 Å². The Hall–Kier alpha value is -0.630. The van der Waals surface area contributed by atoms with Crippen LogP contribution in [0.15, 0.2) is 6.20 Å². The minimum atomic E-state index is 0.594. The molecule has 0 spiro atoms. The molecule has 3 nitrogen and oxygen atoms in total. The van der Waals surface area contributed by atoms with Gasteiger partial charge in [0.2, 0.25) is 0 Å². The molecule has 1 fully saturated rings. The van der Waals surface area contributed by atoms with Gasteiger partial charge in [-0.2, -0.15) is 11.8 Å². The lowest BCUT2D eigenvalue weighted by atomic mass is 10.3. The highest BCUT2D eigenvalue weighted by atomic mass is 35.5. The molecule has 1 aromatic heterocycles. The van der Waals surface area contributed by atoms with Crippen molar-refractivity contribution >= 4 is 23.4 Å². The molecule has 0 atom stereocenters. The highest BCUT2D eigenvalue weighted by molar-refractivity contribution is 8.00. The molecule has 86 valence electrons. The number of hydrogen-bond donors (Lipinski definition) is 0. The van der Waals surface area contributed by atoms with Gasteiger partial charge in [-0.1, -0.05) is 17.5 Å². The van der Waals surface area contributed by atoms with Crippen molar-refractivity contribution in [2.45, 2.75) is 12.6 Å². The summed E-state index contributed by atoms with van der Waals surface area (Å²) in [4.78, 5) is 6.58. The summed E-state index contributed by atoms with van der Waals surface area (Å²) in [6.07, 6.45) is 7.07. The van der Waals surface area contributed by atoms with Crippen molar-refractivity contribution in [1.29, 1.82) is 0 Å². The van der Waals surface area contributed by atoms with Gasteiger partial charge >= 0.3 is 0 Å². The van der Waals surface area contributed by atoms with Crippen LogP contribution in [-0.2, 0) is 13.6 Å². The molecule has 0 bridgehead atoms. The number of aromatic nitrogens is 2. The molecule has 16 heavy (non-hydrogen) atoms.